The minimum absolute atomic E-state index is 0.154. The third-order valence-corrected chi connectivity index (χ3v) is 2.04. The Bertz CT molecular complexity index is 331. The molecule has 0 atom stereocenters. The molecular formula is C8H6Cl2FNO. The number of hydrogen-bond acceptors (Lipinski definition) is 2. The van der Waals surface area contributed by atoms with Crippen molar-refractivity contribution in [3.8, 4) is 0 Å². The Morgan fingerprint density at radius 1 is 1.38 bits per heavy atom. The van der Waals surface area contributed by atoms with E-state index in [4.69, 9.17) is 28.9 Å². The van der Waals surface area contributed by atoms with Gasteiger partial charge >= 0.3 is 0 Å². The molecule has 1 rings (SSSR count). The molecule has 2 N–H and O–H groups in total. The van der Waals surface area contributed by atoms with E-state index < -0.39 is 5.82 Å². The zero-order chi connectivity index (χ0) is 10.0. The Kier molecular flexibility index (Phi) is 3.25. The maximum Gasteiger partial charge on any atom is 0.176 e. The Balaban J connectivity index is 3.20. The van der Waals surface area contributed by atoms with Gasteiger partial charge in [0, 0.05) is 5.56 Å². The van der Waals surface area contributed by atoms with Crippen LogP contribution < -0.4 is 5.73 Å². The van der Waals surface area contributed by atoms with Gasteiger partial charge in [0.1, 0.15) is 0 Å². The Morgan fingerprint density at radius 2 is 1.85 bits per heavy atom. The van der Waals surface area contributed by atoms with Crippen molar-refractivity contribution in [3.63, 3.8) is 0 Å². The Labute approximate surface area is 84.4 Å². The summed E-state index contributed by atoms with van der Waals surface area (Å²) in [6, 6.07) is 2.41. The molecule has 1 aromatic carbocycles. The van der Waals surface area contributed by atoms with Crippen molar-refractivity contribution in [2.45, 2.75) is 0 Å². The summed E-state index contributed by atoms with van der Waals surface area (Å²) in [6.07, 6.45) is 0. The molecule has 0 bridgehead atoms. The summed E-state index contributed by atoms with van der Waals surface area (Å²) in [5, 5.41) is -0.353. The number of carbonyl (C=O) groups is 1. The average molecular weight is 222 g/mol. The molecule has 0 spiro atoms. The first-order valence-electron chi connectivity index (χ1n) is 3.44. The van der Waals surface area contributed by atoms with Gasteiger partial charge in [-0.2, -0.15) is 0 Å². The predicted molar refractivity (Wildman–Crippen MR) is 49.8 cm³/mol. The lowest BCUT2D eigenvalue weighted by Crippen LogP contribution is -2.13. The number of halogens is 3. The fourth-order valence-electron chi connectivity index (χ4n) is 0.834. The molecule has 70 valence electrons. The molecule has 0 aromatic heterocycles. The van der Waals surface area contributed by atoms with Crippen molar-refractivity contribution in [2.75, 3.05) is 6.54 Å². The monoisotopic (exact) mass is 221 g/mol. The SMILES string of the molecule is NCC(=O)c1cc(Cl)c(F)c(Cl)c1. The standard InChI is InChI=1S/C8H6Cl2FNO/c9-5-1-4(7(13)3-12)2-6(10)8(5)11/h1-2H,3,12H2. The second kappa shape index (κ2) is 4.05. The molecule has 0 aliphatic heterocycles. The van der Waals surface area contributed by atoms with Crippen LogP contribution in [-0.2, 0) is 0 Å². The van der Waals surface area contributed by atoms with Crippen LogP contribution in [0, 0.1) is 5.82 Å². The smallest absolute Gasteiger partial charge is 0.176 e. The van der Waals surface area contributed by atoms with Crippen molar-refractivity contribution in [1.29, 1.82) is 0 Å². The van der Waals surface area contributed by atoms with E-state index in [0.717, 1.165) is 0 Å². The molecule has 0 heterocycles. The van der Waals surface area contributed by atoms with Crippen LogP contribution in [0.1, 0.15) is 10.4 Å². The first-order valence-corrected chi connectivity index (χ1v) is 4.19. The fourth-order valence-corrected chi connectivity index (χ4v) is 1.32. The second-order valence-corrected chi connectivity index (χ2v) is 3.20. The number of Topliss-reactive ketones (excluding diaryl/α,β-unsaturated/α-hetero) is 1. The van der Waals surface area contributed by atoms with Gasteiger partial charge in [-0.3, -0.25) is 4.79 Å². The highest BCUT2D eigenvalue weighted by atomic mass is 35.5. The Hall–Kier alpha value is -0.640. The lowest BCUT2D eigenvalue weighted by molar-refractivity contribution is 0.100. The molecule has 5 heteroatoms. The lowest BCUT2D eigenvalue weighted by Gasteiger charge is -2.01. The van der Waals surface area contributed by atoms with E-state index in [9.17, 15) is 9.18 Å². The van der Waals surface area contributed by atoms with Crippen LogP contribution >= 0.6 is 23.2 Å². The van der Waals surface area contributed by atoms with E-state index >= 15 is 0 Å². The first kappa shape index (κ1) is 10.4. The molecule has 1 aromatic rings. The second-order valence-electron chi connectivity index (χ2n) is 2.38. The molecular weight excluding hydrogens is 216 g/mol. The summed E-state index contributed by atoms with van der Waals surface area (Å²) in [7, 11) is 0. The van der Waals surface area contributed by atoms with Crippen molar-refractivity contribution in [1.82, 2.24) is 0 Å². The summed E-state index contributed by atoms with van der Waals surface area (Å²) in [4.78, 5) is 11.1. The van der Waals surface area contributed by atoms with Crippen LogP contribution in [0.15, 0.2) is 12.1 Å². The molecule has 0 saturated heterocycles. The van der Waals surface area contributed by atoms with Crippen LogP contribution in [0.5, 0.6) is 0 Å². The lowest BCUT2D eigenvalue weighted by atomic mass is 10.1. The van der Waals surface area contributed by atoms with E-state index in [1.54, 1.807) is 0 Å². The highest BCUT2D eigenvalue weighted by Gasteiger charge is 2.11. The van der Waals surface area contributed by atoms with Crippen LogP contribution in [-0.4, -0.2) is 12.3 Å². The summed E-state index contributed by atoms with van der Waals surface area (Å²) >= 11 is 10.9. The van der Waals surface area contributed by atoms with Crippen molar-refractivity contribution >= 4 is 29.0 Å². The van der Waals surface area contributed by atoms with Crippen molar-refractivity contribution in [2.24, 2.45) is 5.73 Å². The summed E-state index contributed by atoms with van der Waals surface area (Å²) in [5.74, 6) is -1.05. The van der Waals surface area contributed by atoms with Crippen molar-refractivity contribution in [3.05, 3.63) is 33.6 Å². The normalized spacial score (nSPS) is 10.2. The molecule has 13 heavy (non-hydrogen) atoms. The number of benzene rings is 1. The Morgan fingerprint density at radius 3 is 2.23 bits per heavy atom. The van der Waals surface area contributed by atoms with Gasteiger partial charge in [0.05, 0.1) is 16.6 Å². The van der Waals surface area contributed by atoms with E-state index in [0.29, 0.717) is 0 Å². The van der Waals surface area contributed by atoms with Gasteiger partial charge in [-0.1, -0.05) is 23.2 Å². The molecule has 0 aliphatic rings. The molecule has 0 unspecified atom stereocenters. The first-order chi connectivity index (χ1) is 6.06. The summed E-state index contributed by atoms with van der Waals surface area (Å²) < 4.78 is 12.9. The van der Waals surface area contributed by atoms with Gasteiger partial charge in [-0.05, 0) is 12.1 Å². The third kappa shape index (κ3) is 2.18. The topological polar surface area (TPSA) is 43.1 Å². The fraction of sp³-hybridized carbons (Fsp3) is 0.125. The number of ketones is 1. The molecule has 0 amide bonds. The van der Waals surface area contributed by atoms with Gasteiger partial charge in [-0.15, -0.1) is 0 Å². The van der Waals surface area contributed by atoms with Crippen LogP contribution in [0.2, 0.25) is 10.0 Å². The quantitative estimate of drug-likeness (QED) is 0.616. The molecule has 0 radical (unpaired) electrons. The van der Waals surface area contributed by atoms with Gasteiger partial charge in [0.15, 0.2) is 11.6 Å². The molecule has 0 fully saturated rings. The predicted octanol–water partition coefficient (Wildman–Crippen LogP) is 2.27. The molecule has 0 saturated carbocycles. The molecule has 0 aliphatic carbocycles. The van der Waals surface area contributed by atoms with Crippen molar-refractivity contribution < 1.29 is 9.18 Å². The number of nitrogens with two attached hydrogens (primary N) is 1. The average Bonchev–Trinajstić information content (AvgIpc) is 2.12. The number of carbonyl (C=O) groups excluding carboxylic acids is 1. The van der Waals surface area contributed by atoms with Gasteiger partial charge in [0.2, 0.25) is 0 Å². The zero-order valence-corrected chi connectivity index (χ0v) is 7.99. The molecule has 2 nitrogen and oxygen atoms in total. The third-order valence-electron chi connectivity index (χ3n) is 1.49. The maximum atomic E-state index is 12.9. The number of rotatable bonds is 2. The summed E-state index contributed by atoms with van der Waals surface area (Å²) in [6.45, 7) is -0.154. The van der Waals surface area contributed by atoms with Crippen LogP contribution in [0.25, 0.3) is 0 Å². The van der Waals surface area contributed by atoms with Crippen LogP contribution in [0.3, 0.4) is 0 Å². The maximum absolute atomic E-state index is 12.9. The van der Waals surface area contributed by atoms with E-state index in [-0.39, 0.29) is 27.9 Å². The van der Waals surface area contributed by atoms with Gasteiger partial charge in [-0.25, -0.2) is 4.39 Å². The minimum Gasteiger partial charge on any atom is -0.324 e. The van der Waals surface area contributed by atoms with Gasteiger partial charge in [0.25, 0.3) is 0 Å². The number of hydrogen-bond donors (Lipinski definition) is 1. The van der Waals surface area contributed by atoms with E-state index in [1.807, 2.05) is 0 Å². The van der Waals surface area contributed by atoms with E-state index in [1.165, 1.54) is 12.1 Å². The highest BCUT2D eigenvalue weighted by molar-refractivity contribution is 6.35. The van der Waals surface area contributed by atoms with Gasteiger partial charge < -0.3 is 5.73 Å². The highest BCUT2D eigenvalue weighted by Crippen LogP contribution is 2.24. The van der Waals surface area contributed by atoms with E-state index in [2.05, 4.69) is 0 Å². The largest absolute Gasteiger partial charge is 0.324 e. The zero-order valence-electron chi connectivity index (χ0n) is 6.48. The summed E-state index contributed by atoms with van der Waals surface area (Å²) in [5.41, 5.74) is 5.33. The minimum atomic E-state index is -0.725. The van der Waals surface area contributed by atoms with Crippen LogP contribution in [0.4, 0.5) is 4.39 Å².